The molecule has 0 radical (unpaired) electrons. The van der Waals surface area contributed by atoms with E-state index in [2.05, 4.69) is 94.2 Å². The van der Waals surface area contributed by atoms with Gasteiger partial charge in [-0.3, -0.25) is 14.6 Å². The third-order valence-electron chi connectivity index (χ3n) is 14.8. The van der Waals surface area contributed by atoms with Crippen molar-refractivity contribution >= 4 is 22.6 Å². The minimum atomic E-state index is -0.750. The number of aromatic nitrogens is 1. The number of carbonyl (C=O) groups is 1. The maximum atomic E-state index is 15.3. The lowest BCUT2D eigenvalue weighted by molar-refractivity contribution is -0.174. The van der Waals surface area contributed by atoms with E-state index in [0.717, 1.165) is 58.2 Å². The molecule has 2 aromatic carbocycles. The van der Waals surface area contributed by atoms with Crippen LogP contribution in [0, 0.1) is 16.2 Å². The second-order valence-electron chi connectivity index (χ2n) is 16.0. The first-order chi connectivity index (χ1) is 22.5. The van der Waals surface area contributed by atoms with Crippen molar-refractivity contribution in [2.75, 3.05) is 38.6 Å². The fourth-order valence-electron chi connectivity index (χ4n) is 13.3. The number of anilines is 1. The van der Waals surface area contributed by atoms with Gasteiger partial charge in [-0.1, -0.05) is 62.4 Å². The number of piperidine rings is 1. The largest absolute Gasteiger partial charge is 0.468 e. The number of esters is 1. The predicted octanol–water partition coefficient (Wildman–Crippen LogP) is 7.01. The Morgan fingerprint density at radius 1 is 1.00 bits per heavy atom. The Kier molecular flexibility index (Phi) is 5.65. The molecule has 1 spiro atoms. The van der Waals surface area contributed by atoms with Gasteiger partial charge >= 0.3 is 5.97 Å². The summed E-state index contributed by atoms with van der Waals surface area (Å²) in [5.74, 6) is -0.00871. The summed E-state index contributed by atoms with van der Waals surface area (Å²) in [6.45, 7) is 9.22. The number of hydrogen-bond acceptors (Lipinski definition) is 5. The molecule has 6 heteroatoms. The molecule has 1 N–H and O–H groups in total. The van der Waals surface area contributed by atoms with Crippen molar-refractivity contribution in [2.45, 2.75) is 94.8 Å². The molecule has 1 aliphatic carbocycles. The highest BCUT2D eigenvalue weighted by Gasteiger charge is 2.76. The Bertz CT molecular complexity index is 1810. The van der Waals surface area contributed by atoms with E-state index >= 15 is 4.79 Å². The van der Waals surface area contributed by atoms with E-state index in [-0.39, 0.29) is 34.3 Å². The summed E-state index contributed by atoms with van der Waals surface area (Å²) in [6, 6.07) is 18.9. The molecule has 6 aliphatic heterocycles. The second kappa shape index (κ2) is 9.29. The smallest absolute Gasteiger partial charge is 0.316 e. The Morgan fingerprint density at radius 3 is 2.70 bits per heavy atom. The summed E-state index contributed by atoms with van der Waals surface area (Å²) in [4.78, 5) is 20.9. The van der Waals surface area contributed by atoms with Crippen LogP contribution in [0.25, 0.3) is 10.9 Å². The summed E-state index contributed by atoms with van der Waals surface area (Å²) >= 11 is 0. The van der Waals surface area contributed by atoms with Crippen LogP contribution in [0.5, 0.6) is 0 Å². The highest BCUT2D eigenvalue weighted by Crippen LogP contribution is 2.72. The van der Waals surface area contributed by atoms with Gasteiger partial charge in [0.2, 0.25) is 0 Å². The van der Waals surface area contributed by atoms with Crippen molar-refractivity contribution in [3.8, 4) is 0 Å². The molecule has 1 aromatic heterocycles. The Balaban J connectivity index is 1.31. The van der Waals surface area contributed by atoms with Gasteiger partial charge in [-0.05, 0) is 93.1 Å². The van der Waals surface area contributed by atoms with Crippen LogP contribution in [0.1, 0.15) is 87.7 Å². The number of carbonyl (C=O) groups excluding carboxylic acids is 1. The molecule has 8 atom stereocenters. The predicted molar refractivity (Wildman–Crippen MR) is 182 cm³/mol. The van der Waals surface area contributed by atoms with Crippen molar-refractivity contribution < 1.29 is 9.53 Å². The summed E-state index contributed by atoms with van der Waals surface area (Å²) in [5, 5.41) is 5.57. The molecule has 3 fully saturated rings. The van der Waals surface area contributed by atoms with E-state index in [1.165, 1.54) is 47.2 Å². The zero-order chi connectivity index (χ0) is 31.1. The number of para-hydroxylation sites is 2. The number of nitrogens with zero attached hydrogens (tertiary/aromatic N) is 3. The van der Waals surface area contributed by atoms with Crippen LogP contribution < -0.4 is 5.32 Å². The molecular weight excluding hydrogens is 568 g/mol. The van der Waals surface area contributed by atoms with E-state index in [9.17, 15) is 0 Å². The molecule has 240 valence electrons. The maximum Gasteiger partial charge on any atom is 0.316 e. The molecule has 2 saturated heterocycles. The van der Waals surface area contributed by atoms with Gasteiger partial charge in [-0.25, -0.2) is 0 Å². The molecule has 0 bridgehead atoms. The van der Waals surface area contributed by atoms with E-state index < -0.39 is 5.41 Å². The van der Waals surface area contributed by atoms with E-state index in [4.69, 9.17) is 4.74 Å². The minimum Gasteiger partial charge on any atom is -0.468 e. The average molecular weight is 617 g/mol. The van der Waals surface area contributed by atoms with Gasteiger partial charge in [0.25, 0.3) is 0 Å². The van der Waals surface area contributed by atoms with Crippen LogP contribution in [0.2, 0.25) is 0 Å². The van der Waals surface area contributed by atoms with Gasteiger partial charge < -0.3 is 14.6 Å². The second-order valence-corrected chi connectivity index (χ2v) is 16.0. The SMILES string of the molecule is CCC12C=CCN3CCC4(c5ccccc5NC4C(C(=O)OC)(C4CC5(CC)CCCN6CCc7c(n4c4ccccc74)C65)C1)C32. The number of nitrogens with one attached hydrogen (secondary N) is 1. The first-order valence-corrected chi connectivity index (χ1v) is 18.2. The Morgan fingerprint density at radius 2 is 1.85 bits per heavy atom. The van der Waals surface area contributed by atoms with Crippen LogP contribution >= 0.6 is 0 Å². The maximum absolute atomic E-state index is 15.3. The highest BCUT2D eigenvalue weighted by atomic mass is 16.5. The number of rotatable bonds is 4. The van der Waals surface area contributed by atoms with Gasteiger partial charge in [-0.2, -0.15) is 0 Å². The quantitative estimate of drug-likeness (QED) is 0.253. The number of methoxy groups -OCH3 is 1. The number of benzene rings is 2. The molecule has 0 amide bonds. The van der Waals surface area contributed by atoms with Gasteiger partial charge in [0, 0.05) is 52.2 Å². The van der Waals surface area contributed by atoms with Crippen molar-refractivity contribution in [1.29, 1.82) is 0 Å². The van der Waals surface area contributed by atoms with Crippen LogP contribution in [-0.2, 0) is 21.4 Å². The molecule has 46 heavy (non-hydrogen) atoms. The first-order valence-electron chi connectivity index (χ1n) is 18.2. The first kappa shape index (κ1) is 28.0. The van der Waals surface area contributed by atoms with Crippen LogP contribution in [0.15, 0.2) is 60.7 Å². The molecule has 7 heterocycles. The zero-order valence-electron chi connectivity index (χ0n) is 27.7. The van der Waals surface area contributed by atoms with E-state index in [1.807, 2.05) is 0 Å². The van der Waals surface area contributed by atoms with E-state index in [0.29, 0.717) is 12.1 Å². The van der Waals surface area contributed by atoms with Crippen molar-refractivity contribution in [2.24, 2.45) is 16.2 Å². The van der Waals surface area contributed by atoms with Crippen LogP contribution in [-0.4, -0.2) is 65.7 Å². The third-order valence-corrected chi connectivity index (χ3v) is 14.8. The van der Waals surface area contributed by atoms with Gasteiger partial charge in [-0.15, -0.1) is 0 Å². The Labute approximate surface area is 273 Å². The highest BCUT2D eigenvalue weighted by molar-refractivity contribution is 5.88. The number of hydrogen-bond donors (Lipinski definition) is 1. The van der Waals surface area contributed by atoms with Crippen LogP contribution in [0.3, 0.4) is 0 Å². The normalized spacial score (nSPS) is 40.2. The topological polar surface area (TPSA) is 49.7 Å². The number of ether oxygens (including phenoxy) is 1. The van der Waals surface area contributed by atoms with Gasteiger partial charge in [0.05, 0.1) is 25.2 Å². The Hall–Kier alpha value is -3.09. The molecule has 8 unspecified atom stereocenters. The molecule has 3 aromatic rings. The van der Waals surface area contributed by atoms with Crippen LogP contribution in [0.4, 0.5) is 5.69 Å². The van der Waals surface area contributed by atoms with Crippen molar-refractivity contribution in [1.82, 2.24) is 14.4 Å². The lowest BCUT2D eigenvalue weighted by Crippen LogP contribution is -2.72. The lowest BCUT2D eigenvalue weighted by Gasteiger charge is -2.65. The molecule has 6 nitrogen and oxygen atoms in total. The average Bonchev–Trinajstić information content (AvgIpc) is 3.78. The van der Waals surface area contributed by atoms with Gasteiger partial charge in [0.1, 0.15) is 5.41 Å². The summed E-state index contributed by atoms with van der Waals surface area (Å²) in [5.41, 5.74) is 6.16. The zero-order valence-corrected chi connectivity index (χ0v) is 27.7. The van der Waals surface area contributed by atoms with Crippen molar-refractivity contribution in [3.63, 3.8) is 0 Å². The lowest BCUT2D eigenvalue weighted by atomic mass is 9.43. The summed E-state index contributed by atoms with van der Waals surface area (Å²) < 4.78 is 8.91. The molecular formula is C40H48N4O2. The van der Waals surface area contributed by atoms with Crippen molar-refractivity contribution in [3.05, 3.63) is 77.5 Å². The monoisotopic (exact) mass is 616 g/mol. The molecule has 7 aliphatic rings. The van der Waals surface area contributed by atoms with Gasteiger partial charge in [0.15, 0.2) is 0 Å². The number of fused-ring (bicyclic) bond motifs is 4. The summed E-state index contributed by atoms with van der Waals surface area (Å²) in [6.07, 6.45) is 13.6. The fourth-order valence-corrected chi connectivity index (χ4v) is 13.3. The fraction of sp³-hybridized carbons (Fsp3) is 0.575. The molecule has 10 rings (SSSR count). The summed E-state index contributed by atoms with van der Waals surface area (Å²) in [7, 11) is 1.66. The standard InChI is InChI=1S/C40H48N4O2/c1-4-37-17-10-20-42-22-16-27-26-12-6-9-15-30(26)44(32(27)33(37)42)31(24-37)40(36(45)46-3)25-38(5-2)18-11-21-43-23-19-39(35(38)43)28-13-7-8-14-29(28)41-34(39)40/h6-9,11-15,18,31,33-35,41H,4-5,10,16-17,19-25H2,1-3H3. The minimum absolute atomic E-state index is 0.000267. The molecule has 1 saturated carbocycles. The third kappa shape index (κ3) is 3.02. The van der Waals surface area contributed by atoms with E-state index in [1.54, 1.807) is 12.7 Å².